The summed E-state index contributed by atoms with van der Waals surface area (Å²) in [4.78, 5) is 15.5. The number of guanidine groups is 1. The van der Waals surface area contributed by atoms with Gasteiger partial charge in [0.2, 0.25) is 5.91 Å². The van der Waals surface area contributed by atoms with Crippen LogP contribution in [0.25, 0.3) is 0 Å². The van der Waals surface area contributed by atoms with Crippen molar-refractivity contribution in [2.75, 3.05) is 13.2 Å². The second kappa shape index (κ2) is 7.59. The van der Waals surface area contributed by atoms with Crippen molar-refractivity contribution in [1.29, 1.82) is 0 Å². The third-order valence-electron chi connectivity index (χ3n) is 3.62. The summed E-state index contributed by atoms with van der Waals surface area (Å²) in [5.41, 5.74) is 9.18. The van der Waals surface area contributed by atoms with Crippen molar-refractivity contribution < 1.29 is 30.0 Å². The number of ether oxygens (including phenoxy) is 1. The van der Waals surface area contributed by atoms with Gasteiger partial charge in [-0.2, -0.15) is 0 Å². The van der Waals surface area contributed by atoms with Crippen LogP contribution in [0.2, 0.25) is 0 Å². The van der Waals surface area contributed by atoms with E-state index in [9.17, 15) is 20.1 Å². The number of hydrogen-bond donors (Lipinski definition) is 7. The van der Waals surface area contributed by atoms with E-state index in [1.807, 2.05) is 0 Å². The number of nitrogens with one attached hydrogen (secondary N) is 1. The number of amides is 1. The van der Waals surface area contributed by atoms with Gasteiger partial charge in [-0.05, 0) is 13.0 Å². The van der Waals surface area contributed by atoms with Gasteiger partial charge in [0.1, 0.15) is 24.6 Å². The van der Waals surface area contributed by atoms with Gasteiger partial charge in [0.25, 0.3) is 0 Å². The van der Waals surface area contributed by atoms with E-state index in [-0.39, 0.29) is 11.7 Å². The first-order chi connectivity index (χ1) is 10.7. The van der Waals surface area contributed by atoms with Gasteiger partial charge in [-0.15, -0.1) is 0 Å². The van der Waals surface area contributed by atoms with Crippen molar-refractivity contribution >= 4 is 11.9 Å². The van der Waals surface area contributed by atoms with Crippen LogP contribution in [0, 0.1) is 0 Å². The van der Waals surface area contributed by atoms with E-state index in [0.717, 1.165) is 0 Å². The fourth-order valence-corrected chi connectivity index (χ4v) is 2.55. The largest absolute Gasteiger partial charge is 0.485 e. The highest BCUT2D eigenvalue weighted by molar-refractivity contribution is 5.76. The molecule has 0 spiro atoms. The highest BCUT2D eigenvalue weighted by atomic mass is 16.5. The topological polar surface area (TPSA) is 184 Å². The minimum Gasteiger partial charge on any atom is -0.485 e. The zero-order valence-electron chi connectivity index (χ0n) is 13.0. The first-order valence-corrected chi connectivity index (χ1v) is 6.99. The summed E-state index contributed by atoms with van der Waals surface area (Å²) in [6.45, 7) is 1.45. The van der Waals surface area contributed by atoms with Gasteiger partial charge in [0.05, 0.1) is 18.7 Å². The molecule has 1 aliphatic heterocycles. The molecule has 1 amide bonds. The molecule has 0 aromatic rings. The summed E-state index contributed by atoms with van der Waals surface area (Å²) in [5.74, 6) is -0.638. The van der Waals surface area contributed by atoms with E-state index in [2.05, 4.69) is 10.3 Å². The van der Waals surface area contributed by atoms with Gasteiger partial charge >= 0.3 is 0 Å². The number of aliphatic imine (C=N–C) groups is 1. The number of hydrogen-bond acceptors (Lipinski definition) is 7. The number of aliphatic hydroxyl groups excluding tert-OH is 4. The van der Waals surface area contributed by atoms with Crippen LogP contribution in [-0.4, -0.2) is 75.4 Å². The molecular weight excluding hydrogens is 308 g/mol. The second-order valence-corrected chi connectivity index (χ2v) is 5.49. The molecule has 0 radical (unpaired) electrons. The maximum Gasteiger partial charge on any atom is 0.217 e. The maximum atomic E-state index is 11.5. The van der Waals surface area contributed by atoms with Crippen LogP contribution in [0.1, 0.15) is 13.8 Å². The molecule has 0 fully saturated rings. The van der Waals surface area contributed by atoms with E-state index in [4.69, 9.17) is 21.3 Å². The number of aliphatic hydroxyl groups is 4. The standard InChI is InChI=1S/C13H24N4O6/c1-6(20)16-10-8(17-12(14)15)3-7(4-18)23-13(10,2)11(22)9(21)5-19/h3,8-11,18-19,21-22H,4-5H2,1-2H3,(H,16,20)(H4,14,15,17). The SMILES string of the molecule is CC(=O)NC1C(N=C(N)N)C=C(CO)OC1(C)C(O)C(O)CO. The fraction of sp³-hybridized carbons (Fsp3) is 0.692. The van der Waals surface area contributed by atoms with Gasteiger partial charge in [0.15, 0.2) is 11.6 Å². The summed E-state index contributed by atoms with van der Waals surface area (Å²) in [5, 5.41) is 41.1. The minimum absolute atomic E-state index is 0.0632. The highest BCUT2D eigenvalue weighted by Gasteiger charge is 2.52. The quantitative estimate of drug-likeness (QED) is 0.193. The molecule has 23 heavy (non-hydrogen) atoms. The summed E-state index contributed by atoms with van der Waals surface area (Å²) in [6, 6.07) is -1.79. The molecule has 1 heterocycles. The lowest BCUT2D eigenvalue weighted by molar-refractivity contribution is -0.165. The Morgan fingerprint density at radius 3 is 2.52 bits per heavy atom. The Kier molecular flexibility index (Phi) is 6.33. The Hall–Kier alpha value is -1.88. The van der Waals surface area contributed by atoms with Crippen molar-refractivity contribution in [3.05, 3.63) is 11.8 Å². The molecule has 0 aliphatic carbocycles. The van der Waals surface area contributed by atoms with E-state index < -0.39 is 49.0 Å². The molecule has 1 rings (SSSR count). The molecule has 5 atom stereocenters. The average molecular weight is 332 g/mol. The number of nitrogens with two attached hydrogens (primary N) is 2. The van der Waals surface area contributed by atoms with Gasteiger partial charge in [-0.1, -0.05) is 0 Å². The van der Waals surface area contributed by atoms with Gasteiger partial charge in [0, 0.05) is 6.92 Å². The molecule has 0 aromatic carbocycles. The third kappa shape index (κ3) is 4.32. The average Bonchev–Trinajstić information content (AvgIpc) is 2.47. The Labute approximate surface area is 133 Å². The van der Waals surface area contributed by atoms with Crippen LogP contribution < -0.4 is 16.8 Å². The molecule has 0 saturated heterocycles. The zero-order valence-corrected chi connectivity index (χ0v) is 13.0. The summed E-state index contributed by atoms with van der Waals surface area (Å²) < 4.78 is 5.56. The van der Waals surface area contributed by atoms with Crippen LogP contribution in [0.3, 0.4) is 0 Å². The number of rotatable bonds is 6. The van der Waals surface area contributed by atoms with Gasteiger partial charge in [-0.25, -0.2) is 4.99 Å². The normalized spacial score (nSPS) is 29.7. The number of carbonyl (C=O) groups excluding carboxylic acids is 1. The first kappa shape index (κ1) is 19.2. The predicted octanol–water partition coefficient (Wildman–Crippen LogP) is -3.49. The minimum atomic E-state index is -1.59. The smallest absolute Gasteiger partial charge is 0.217 e. The molecule has 0 bridgehead atoms. The fourth-order valence-electron chi connectivity index (χ4n) is 2.55. The Morgan fingerprint density at radius 2 is 2.09 bits per heavy atom. The highest BCUT2D eigenvalue weighted by Crippen LogP contribution is 2.33. The second-order valence-electron chi connectivity index (χ2n) is 5.49. The van der Waals surface area contributed by atoms with Crippen molar-refractivity contribution in [1.82, 2.24) is 5.32 Å². The molecule has 10 heteroatoms. The van der Waals surface area contributed by atoms with Crippen molar-refractivity contribution in [2.24, 2.45) is 16.5 Å². The number of carbonyl (C=O) groups is 1. The summed E-state index contributed by atoms with van der Waals surface area (Å²) in [6.07, 6.45) is -1.72. The van der Waals surface area contributed by atoms with Crippen LogP contribution >= 0.6 is 0 Å². The predicted molar refractivity (Wildman–Crippen MR) is 81.0 cm³/mol. The van der Waals surface area contributed by atoms with Crippen LogP contribution in [0.5, 0.6) is 0 Å². The van der Waals surface area contributed by atoms with Crippen LogP contribution in [0.15, 0.2) is 16.8 Å². The molecule has 9 N–H and O–H groups in total. The van der Waals surface area contributed by atoms with E-state index in [1.54, 1.807) is 0 Å². The lowest BCUT2D eigenvalue weighted by Crippen LogP contribution is -2.67. The molecule has 1 aliphatic rings. The van der Waals surface area contributed by atoms with Crippen molar-refractivity contribution in [3.63, 3.8) is 0 Å². The molecular formula is C13H24N4O6. The van der Waals surface area contributed by atoms with Crippen LogP contribution in [0.4, 0.5) is 0 Å². The van der Waals surface area contributed by atoms with E-state index in [1.165, 1.54) is 19.9 Å². The van der Waals surface area contributed by atoms with Gasteiger partial charge in [-0.3, -0.25) is 4.79 Å². The van der Waals surface area contributed by atoms with Crippen LogP contribution in [-0.2, 0) is 9.53 Å². The van der Waals surface area contributed by atoms with E-state index in [0.29, 0.717) is 0 Å². The van der Waals surface area contributed by atoms with Crippen molar-refractivity contribution in [3.8, 4) is 0 Å². The number of nitrogens with zero attached hydrogens (tertiary/aromatic N) is 1. The molecule has 0 saturated carbocycles. The molecule has 132 valence electrons. The Morgan fingerprint density at radius 1 is 1.48 bits per heavy atom. The lowest BCUT2D eigenvalue weighted by Gasteiger charge is -2.47. The summed E-state index contributed by atoms with van der Waals surface area (Å²) in [7, 11) is 0. The van der Waals surface area contributed by atoms with E-state index >= 15 is 0 Å². The third-order valence-corrected chi connectivity index (χ3v) is 3.62. The monoisotopic (exact) mass is 332 g/mol. The van der Waals surface area contributed by atoms with Crippen molar-refractivity contribution in [2.45, 2.75) is 43.7 Å². The summed E-state index contributed by atoms with van der Waals surface area (Å²) >= 11 is 0. The zero-order chi connectivity index (χ0) is 17.8. The van der Waals surface area contributed by atoms with Gasteiger partial charge < -0.3 is 41.9 Å². The Balaban J connectivity index is 3.36. The molecule has 5 unspecified atom stereocenters. The maximum absolute atomic E-state index is 11.5. The Bertz CT molecular complexity index is 493. The first-order valence-electron chi connectivity index (χ1n) is 6.99. The molecule has 0 aromatic heterocycles. The molecule has 10 nitrogen and oxygen atoms in total. The lowest BCUT2D eigenvalue weighted by atomic mass is 9.80.